The van der Waals surface area contributed by atoms with Gasteiger partial charge in [0.25, 0.3) is 0 Å². The van der Waals surface area contributed by atoms with Crippen LogP contribution in [0.4, 0.5) is 0 Å². The third-order valence-corrected chi connectivity index (χ3v) is 9.58. The van der Waals surface area contributed by atoms with Crippen LogP contribution < -0.4 is 14.6 Å². The van der Waals surface area contributed by atoms with E-state index in [1.165, 1.54) is 6.07 Å². The molecule has 11 nitrogen and oxygen atoms in total. The molecule has 291 valence electrons. The summed E-state index contributed by atoms with van der Waals surface area (Å²) in [5.41, 5.74) is 7.40. The maximum Gasteiger partial charge on any atom is 0.226 e. The molecule has 12 heteroatoms. The minimum Gasteiger partial charge on any atom is -0.872 e. The van der Waals surface area contributed by atoms with Gasteiger partial charge in [-0.05, 0) is 60.7 Å². The van der Waals surface area contributed by atoms with Crippen molar-refractivity contribution in [3.05, 3.63) is 170 Å². The first-order valence-electron chi connectivity index (χ1n) is 18.5. The van der Waals surface area contributed by atoms with E-state index in [-0.39, 0.29) is 25.9 Å². The van der Waals surface area contributed by atoms with Crippen molar-refractivity contribution in [1.82, 2.24) is 35.0 Å². The molecule has 0 aliphatic rings. The third-order valence-electron chi connectivity index (χ3n) is 9.58. The molecule has 11 aromatic rings. The topological polar surface area (TPSA) is 129 Å². The zero-order chi connectivity index (χ0) is 39.4. The van der Waals surface area contributed by atoms with Crippen molar-refractivity contribution in [3.8, 4) is 40.1 Å². The van der Waals surface area contributed by atoms with Crippen molar-refractivity contribution in [2.75, 3.05) is 14.2 Å². The number of hydrogen-bond donors (Lipinski definition) is 0. The molecule has 0 atom stereocenters. The van der Waals surface area contributed by atoms with E-state index in [9.17, 15) is 5.11 Å². The molecular formula is C47H34IrN7O4-. The molecule has 0 aliphatic heterocycles. The summed E-state index contributed by atoms with van der Waals surface area (Å²) in [6.45, 7) is 0. The van der Waals surface area contributed by atoms with E-state index in [0.717, 1.165) is 72.0 Å². The molecule has 1 radical (unpaired) electrons. The summed E-state index contributed by atoms with van der Waals surface area (Å²) >= 11 is 0. The van der Waals surface area contributed by atoms with E-state index in [1.807, 2.05) is 133 Å². The van der Waals surface area contributed by atoms with E-state index >= 15 is 0 Å². The molecule has 8 aromatic carbocycles. The normalized spacial score (nSPS) is 10.8. The van der Waals surface area contributed by atoms with E-state index in [2.05, 4.69) is 37.5 Å². The Balaban J connectivity index is 0.000000123. The van der Waals surface area contributed by atoms with Gasteiger partial charge in [-0.15, -0.1) is 30.0 Å². The first-order chi connectivity index (χ1) is 28.6. The van der Waals surface area contributed by atoms with Gasteiger partial charge in [-0.3, -0.25) is 0 Å². The summed E-state index contributed by atoms with van der Waals surface area (Å²) in [4.78, 5) is 7.65. The van der Waals surface area contributed by atoms with Gasteiger partial charge in [0.15, 0.2) is 5.58 Å². The van der Waals surface area contributed by atoms with Crippen LogP contribution in [-0.2, 0) is 20.1 Å². The average molecular weight is 953 g/mol. The van der Waals surface area contributed by atoms with Crippen molar-refractivity contribution < 1.29 is 39.1 Å². The molecule has 0 amide bonds. The van der Waals surface area contributed by atoms with Gasteiger partial charge in [0, 0.05) is 47.2 Å². The molecule has 3 aromatic heterocycles. The van der Waals surface area contributed by atoms with Crippen molar-refractivity contribution in [2.24, 2.45) is 0 Å². The Kier molecular flexibility index (Phi) is 11.1. The van der Waals surface area contributed by atoms with Gasteiger partial charge in [-0.2, -0.15) is 0 Å². The summed E-state index contributed by atoms with van der Waals surface area (Å²) in [7, 11) is 3.36. The second-order valence-corrected chi connectivity index (χ2v) is 13.1. The van der Waals surface area contributed by atoms with E-state index in [4.69, 9.17) is 13.9 Å². The van der Waals surface area contributed by atoms with Crippen molar-refractivity contribution in [3.63, 3.8) is 0 Å². The standard InChI is InChI=1S/2C17H13N3O.C13H9NO2.Ir/c2*1-21-17-11-10-16(12-6-2-3-7-13(12)17)20-18-14-8-4-5-9-15(14)19-20;15-11-7-3-1-5-9(11)13-14-10-6-2-4-8-12(10)16-13;/h2*2-11H,1H3;1-8,15H;/p-1. The second kappa shape index (κ2) is 17.0. The molecule has 11 rings (SSSR count). The van der Waals surface area contributed by atoms with Crippen LogP contribution in [0, 0.1) is 0 Å². The molecule has 0 saturated heterocycles. The number of ether oxygens (including phenoxy) is 2. The summed E-state index contributed by atoms with van der Waals surface area (Å²) < 4.78 is 16.4. The summed E-state index contributed by atoms with van der Waals surface area (Å²) in [5, 5.41) is 34.1. The number of hydrogen-bond acceptors (Lipinski definition) is 9. The quantitative estimate of drug-likeness (QED) is 0.166. The number of methoxy groups -OCH3 is 2. The number of rotatable bonds is 5. The van der Waals surface area contributed by atoms with Gasteiger partial charge >= 0.3 is 0 Å². The van der Waals surface area contributed by atoms with Crippen LogP contribution in [0.1, 0.15) is 0 Å². The number of fused-ring (bicyclic) bond motifs is 5. The molecule has 0 bridgehead atoms. The molecular weight excluding hydrogens is 919 g/mol. The first kappa shape index (κ1) is 38.5. The van der Waals surface area contributed by atoms with Crippen molar-refractivity contribution in [2.45, 2.75) is 0 Å². The van der Waals surface area contributed by atoms with Gasteiger partial charge in [-0.25, -0.2) is 4.98 Å². The maximum absolute atomic E-state index is 11.6. The van der Waals surface area contributed by atoms with E-state index in [1.54, 1.807) is 42.0 Å². The number of nitrogens with zero attached hydrogens (tertiary/aromatic N) is 7. The van der Waals surface area contributed by atoms with Crippen LogP contribution >= 0.6 is 0 Å². The molecule has 0 fully saturated rings. The monoisotopic (exact) mass is 953 g/mol. The molecule has 0 unspecified atom stereocenters. The smallest absolute Gasteiger partial charge is 0.226 e. The Hall–Kier alpha value is -7.40. The SMILES string of the molecule is COc1ccc(-n2nc3ccccc3n2)c2ccccc12.COc1ccc(-n2nc3ccccc3n2)c2ccccc12.[Ir].[O-]c1ccccc1-c1nc2ccccc2o1. The number of benzene rings is 8. The Morgan fingerprint density at radius 1 is 0.441 bits per heavy atom. The van der Waals surface area contributed by atoms with Gasteiger partial charge in [-0.1, -0.05) is 115 Å². The Morgan fingerprint density at radius 3 is 1.27 bits per heavy atom. The Morgan fingerprint density at radius 2 is 0.831 bits per heavy atom. The zero-order valence-corrected chi connectivity index (χ0v) is 34.2. The summed E-state index contributed by atoms with van der Waals surface area (Å²) in [6.07, 6.45) is 0. The van der Waals surface area contributed by atoms with Gasteiger partial charge in [0.2, 0.25) is 5.89 Å². The molecule has 0 saturated carbocycles. The first-order valence-corrected chi connectivity index (χ1v) is 18.5. The second-order valence-electron chi connectivity index (χ2n) is 13.1. The fraction of sp³-hybridized carbons (Fsp3) is 0.0426. The number of para-hydroxylation sites is 3. The minimum atomic E-state index is -0.0749. The summed E-state index contributed by atoms with van der Waals surface area (Å²) in [6, 6.07) is 54.0. The molecule has 0 aliphatic carbocycles. The fourth-order valence-corrected chi connectivity index (χ4v) is 6.78. The summed E-state index contributed by atoms with van der Waals surface area (Å²) in [5.74, 6) is 2.01. The number of oxazole rings is 1. The van der Waals surface area contributed by atoms with Crippen LogP contribution in [-0.4, -0.2) is 49.2 Å². The van der Waals surface area contributed by atoms with Crippen LogP contribution in [0.25, 0.3) is 77.5 Å². The Bertz CT molecular complexity index is 2960. The van der Waals surface area contributed by atoms with E-state index in [0.29, 0.717) is 17.0 Å². The fourth-order valence-electron chi connectivity index (χ4n) is 6.78. The molecule has 59 heavy (non-hydrogen) atoms. The van der Waals surface area contributed by atoms with Crippen LogP contribution in [0.3, 0.4) is 0 Å². The average Bonchev–Trinajstić information content (AvgIpc) is 4.03. The van der Waals surface area contributed by atoms with Crippen LogP contribution in [0.5, 0.6) is 17.2 Å². The van der Waals surface area contributed by atoms with Gasteiger partial charge < -0.3 is 19.0 Å². The van der Waals surface area contributed by atoms with Crippen molar-refractivity contribution >= 4 is 54.7 Å². The van der Waals surface area contributed by atoms with E-state index < -0.39 is 0 Å². The minimum absolute atomic E-state index is 0. The Labute approximate surface area is 351 Å². The van der Waals surface area contributed by atoms with Crippen LogP contribution in [0.2, 0.25) is 0 Å². The third kappa shape index (κ3) is 7.70. The predicted octanol–water partition coefficient (Wildman–Crippen LogP) is 9.73. The molecule has 0 N–H and O–H groups in total. The largest absolute Gasteiger partial charge is 0.872 e. The maximum atomic E-state index is 11.6. The van der Waals surface area contributed by atoms with Crippen molar-refractivity contribution in [1.29, 1.82) is 0 Å². The zero-order valence-electron chi connectivity index (χ0n) is 31.8. The van der Waals surface area contributed by atoms with Gasteiger partial charge in [0.1, 0.15) is 39.1 Å². The molecule has 3 heterocycles. The molecule has 0 spiro atoms. The predicted molar refractivity (Wildman–Crippen MR) is 225 cm³/mol. The number of aromatic nitrogens is 7. The van der Waals surface area contributed by atoms with Crippen LogP contribution in [0.15, 0.2) is 174 Å². The van der Waals surface area contributed by atoms with Gasteiger partial charge in [0.05, 0.1) is 25.6 Å².